The summed E-state index contributed by atoms with van der Waals surface area (Å²) in [5.74, 6) is 0.447. The first kappa shape index (κ1) is 16.2. The van der Waals surface area contributed by atoms with Crippen molar-refractivity contribution in [2.24, 2.45) is 0 Å². The molecule has 118 valence electrons. The Hall–Kier alpha value is -2.16. The Labute approximate surface area is 131 Å². The highest BCUT2D eigenvalue weighted by molar-refractivity contribution is 5.50. The van der Waals surface area contributed by atoms with E-state index in [4.69, 9.17) is 0 Å². The van der Waals surface area contributed by atoms with Crippen LogP contribution in [0.5, 0.6) is 17.2 Å². The molecular weight excluding hydrogens is 276 g/mol. The Balaban J connectivity index is 2.44. The van der Waals surface area contributed by atoms with Crippen molar-refractivity contribution in [3.8, 4) is 17.2 Å². The molecule has 3 heteroatoms. The zero-order valence-corrected chi connectivity index (χ0v) is 13.4. The summed E-state index contributed by atoms with van der Waals surface area (Å²) in [6.45, 7) is 6.17. The molecule has 0 unspecified atom stereocenters. The lowest BCUT2D eigenvalue weighted by Crippen LogP contribution is -2.19. The van der Waals surface area contributed by atoms with Crippen molar-refractivity contribution < 1.29 is 15.3 Å². The van der Waals surface area contributed by atoms with Crippen molar-refractivity contribution in [2.75, 3.05) is 0 Å². The summed E-state index contributed by atoms with van der Waals surface area (Å²) in [7, 11) is 0. The fourth-order valence-corrected chi connectivity index (χ4v) is 2.75. The largest absolute Gasteiger partial charge is 0.508 e. The van der Waals surface area contributed by atoms with Gasteiger partial charge < -0.3 is 15.3 Å². The van der Waals surface area contributed by atoms with Crippen molar-refractivity contribution in [1.29, 1.82) is 0 Å². The first-order valence-corrected chi connectivity index (χ1v) is 7.71. The van der Waals surface area contributed by atoms with Gasteiger partial charge in [0.1, 0.15) is 17.2 Å². The highest BCUT2D eigenvalue weighted by Crippen LogP contribution is 2.39. The minimum absolute atomic E-state index is 0.0476. The molecule has 0 spiro atoms. The van der Waals surface area contributed by atoms with Crippen LogP contribution in [0.1, 0.15) is 50.3 Å². The van der Waals surface area contributed by atoms with Gasteiger partial charge in [-0.25, -0.2) is 0 Å². The molecule has 0 radical (unpaired) electrons. The van der Waals surface area contributed by atoms with E-state index >= 15 is 0 Å². The van der Waals surface area contributed by atoms with Crippen LogP contribution in [0, 0.1) is 0 Å². The first-order chi connectivity index (χ1) is 10.4. The van der Waals surface area contributed by atoms with Crippen LogP contribution in [-0.4, -0.2) is 15.3 Å². The molecule has 3 N–H and O–H groups in total. The Morgan fingerprint density at radius 3 is 2.27 bits per heavy atom. The number of benzene rings is 2. The van der Waals surface area contributed by atoms with Gasteiger partial charge in [0.2, 0.25) is 0 Å². The topological polar surface area (TPSA) is 60.7 Å². The molecule has 0 aliphatic carbocycles. The molecule has 0 amide bonds. The highest BCUT2D eigenvalue weighted by atomic mass is 16.3. The average molecular weight is 300 g/mol. The standard InChI is InChI=1S/C19H24O3/c1-4-5-6-13-11-14(7-10-17(13)21)19(2,3)16-9-8-15(20)12-18(16)22/h7-12,20-22H,4-6H2,1-3H3. The van der Waals surface area contributed by atoms with Crippen LogP contribution < -0.4 is 0 Å². The number of rotatable bonds is 5. The number of aryl methyl sites for hydroxylation is 1. The Bertz CT molecular complexity index is 660. The summed E-state index contributed by atoms with van der Waals surface area (Å²) < 4.78 is 0. The molecule has 3 nitrogen and oxygen atoms in total. The van der Waals surface area contributed by atoms with Gasteiger partial charge in [-0.3, -0.25) is 0 Å². The Morgan fingerprint density at radius 2 is 1.64 bits per heavy atom. The number of hydrogen-bond donors (Lipinski definition) is 3. The van der Waals surface area contributed by atoms with Crippen LogP contribution >= 0.6 is 0 Å². The maximum Gasteiger partial charge on any atom is 0.123 e. The molecule has 0 heterocycles. The van der Waals surface area contributed by atoms with E-state index in [9.17, 15) is 15.3 Å². The van der Waals surface area contributed by atoms with Gasteiger partial charge >= 0.3 is 0 Å². The summed E-state index contributed by atoms with van der Waals surface area (Å²) in [4.78, 5) is 0. The van der Waals surface area contributed by atoms with Gasteiger partial charge in [-0.2, -0.15) is 0 Å². The third-order valence-electron chi connectivity index (χ3n) is 4.26. The fourth-order valence-electron chi connectivity index (χ4n) is 2.75. The predicted octanol–water partition coefficient (Wildman–Crippen LogP) is 4.47. The normalized spacial score (nSPS) is 11.6. The second kappa shape index (κ2) is 6.30. The molecule has 0 aliphatic heterocycles. The van der Waals surface area contributed by atoms with Crippen LogP contribution in [0.4, 0.5) is 0 Å². The molecule has 0 aliphatic rings. The van der Waals surface area contributed by atoms with Crippen molar-refractivity contribution in [2.45, 2.75) is 45.4 Å². The summed E-state index contributed by atoms with van der Waals surface area (Å²) in [5, 5.41) is 29.6. The zero-order valence-electron chi connectivity index (χ0n) is 13.4. The number of phenols is 3. The van der Waals surface area contributed by atoms with E-state index in [-0.39, 0.29) is 11.5 Å². The molecule has 2 aromatic rings. The Morgan fingerprint density at radius 1 is 0.909 bits per heavy atom. The van der Waals surface area contributed by atoms with Gasteiger partial charge in [0.15, 0.2) is 0 Å². The van der Waals surface area contributed by atoms with E-state index in [1.54, 1.807) is 18.2 Å². The molecule has 0 aromatic heterocycles. The lowest BCUT2D eigenvalue weighted by Gasteiger charge is -2.27. The maximum absolute atomic E-state index is 10.1. The van der Waals surface area contributed by atoms with Crippen molar-refractivity contribution in [1.82, 2.24) is 0 Å². The van der Waals surface area contributed by atoms with Crippen LogP contribution in [0.25, 0.3) is 0 Å². The SMILES string of the molecule is CCCCc1cc(C(C)(C)c2ccc(O)cc2O)ccc1O. The first-order valence-electron chi connectivity index (χ1n) is 7.71. The van der Waals surface area contributed by atoms with E-state index in [2.05, 4.69) is 6.92 Å². The lowest BCUT2D eigenvalue weighted by molar-refractivity contribution is 0.435. The number of aromatic hydroxyl groups is 3. The number of phenolic OH excluding ortho intramolecular Hbond substituents is 3. The van der Waals surface area contributed by atoms with Crippen LogP contribution in [-0.2, 0) is 11.8 Å². The molecular formula is C19H24O3. The number of hydrogen-bond acceptors (Lipinski definition) is 3. The average Bonchev–Trinajstić information content (AvgIpc) is 2.45. The third-order valence-corrected chi connectivity index (χ3v) is 4.26. The molecule has 0 fully saturated rings. The van der Waals surface area contributed by atoms with E-state index < -0.39 is 5.41 Å². The van der Waals surface area contributed by atoms with Crippen LogP contribution in [0.3, 0.4) is 0 Å². The fraction of sp³-hybridized carbons (Fsp3) is 0.368. The summed E-state index contributed by atoms with van der Waals surface area (Å²) in [5.41, 5.74) is 2.28. The smallest absolute Gasteiger partial charge is 0.123 e. The second-order valence-electron chi connectivity index (χ2n) is 6.27. The molecule has 0 bridgehead atoms. The zero-order chi connectivity index (χ0) is 16.3. The van der Waals surface area contributed by atoms with E-state index in [1.165, 1.54) is 6.07 Å². The predicted molar refractivity (Wildman–Crippen MR) is 88.6 cm³/mol. The van der Waals surface area contributed by atoms with Gasteiger partial charge in [-0.15, -0.1) is 0 Å². The molecule has 0 saturated heterocycles. The molecule has 2 aromatic carbocycles. The van der Waals surface area contributed by atoms with Crippen molar-refractivity contribution in [3.63, 3.8) is 0 Å². The lowest BCUT2D eigenvalue weighted by atomic mass is 9.77. The highest BCUT2D eigenvalue weighted by Gasteiger charge is 2.27. The van der Waals surface area contributed by atoms with Crippen molar-refractivity contribution >= 4 is 0 Å². The monoisotopic (exact) mass is 300 g/mol. The second-order valence-corrected chi connectivity index (χ2v) is 6.27. The molecule has 0 saturated carbocycles. The van der Waals surface area contributed by atoms with Gasteiger partial charge in [-0.1, -0.05) is 45.4 Å². The van der Waals surface area contributed by atoms with Crippen LogP contribution in [0.15, 0.2) is 36.4 Å². The molecule has 2 rings (SSSR count). The van der Waals surface area contributed by atoms with Crippen LogP contribution in [0.2, 0.25) is 0 Å². The van der Waals surface area contributed by atoms with E-state index in [1.807, 2.05) is 26.0 Å². The van der Waals surface area contributed by atoms with Gasteiger partial charge in [0, 0.05) is 17.0 Å². The summed E-state index contributed by atoms with van der Waals surface area (Å²) >= 11 is 0. The van der Waals surface area contributed by atoms with Gasteiger partial charge in [0.05, 0.1) is 0 Å². The van der Waals surface area contributed by atoms with E-state index in [0.717, 1.165) is 36.0 Å². The van der Waals surface area contributed by atoms with Gasteiger partial charge in [0.25, 0.3) is 0 Å². The van der Waals surface area contributed by atoms with Crippen molar-refractivity contribution in [3.05, 3.63) is 53.1 Å². The molecule has 0 atom stereocenters. The maximum atomic E-state index is 10.1. The third kappa shape index (κ3) is 3.19. The van der Waals surface area contributed by atoms with Gasteiger partial charge in [-0.05, 0) is 36.1 Å². The molecule has 22 heavy (non-hydrogen) atoms. The van der Waals surface area contributed by atoms with E-state index in [0.29, 0.717) is 5.75 Å². The number of unbranched alkanes of at least 4 members (excludes halogenated alkanes) is 1. The minimum Gasteiger partial charge on any atom is -0.508 e. The quantitative estimate of drug-likeness (QED) is 0.763. The Kier molecular flexibility index (Phi) is 4.65. The summed E-state index contributed by atoms with van der Waals surface area (Å²) in [6.07, 6.45) is 2.95. The summed E-state index contributed by atoms with van der Waals surface area (Å²) in [6, 6.07) is 10.3. The minimum atomic E-state index is -0.424.